The van der Waals surface area contributed by atoms with E-state index in [1.165, 1.54) is 17.3 Å². The van der Waals surface area contributed by atoms with Crippen LogP contribution in [0.25, 0.3) is 0 Å². The van der Waals surface area contributed by atoms with Crippen molar-refractivity contribution >= 4 is 35.4 Å². The fourth-order valence-electron chi connectivity index (χ4n) is 4.98. The minimum absolute atomic E-state index is 0.0976. The summed E-state index contributed by atoms with van der Waals surface area (Å²) < 4.78 is 5.43. The first-order chi connectivity index (χ1) is 17.9. The van der Waals surface area contributed by atoms with Crippen LogP contribution in [0.15, 0.2) is 70.6 Å². The second-order valence-corrected chi connectivity index (χ2v) is 10.9. The molecule has 2 aliphatic heterocycles. The van der Waals surface area contributed by atoms with Crippen LogP contribution in [-0.4, -0.2) is 57.7 Å². The number of hydrogen-bond donors (Lipinski definition) is 1. The summed E-state index contributed by atoms with van der Waals surface area (Å²) in [6.45, 7) is 4.98. The molecule has 2 fully saturated rings. The number of pyridine rings is 1. The number of likely N-dealkylation sites (tertiary alicyclic amines) is 1. The van der Waals surface area contributed by atoms with Gasteiger partial charge in [-0.05, 0) is 73.4 Å². The molecule has 3 aromatic rings. The smallest absolute Gasteiger partial charge is 0.410 e. The molecule has 7 nitrogen and oxygen atoms in total. The van der Waals surface area contributed by atoms with E-state index in [-0.39, 0.29) is 23.7 Å². The molecule has 0 spiro atoms. The molecule has 9 heteroatoms. The average Bonchev–Trinajstić information content (AvgIpc) is 3.28. The molecule has 2 aliphatic rings. The second-order valence-electron chi connectivity index (χ2n) is 9.39. The summed E-state index contributed by atoms with van der Waals surface area (Å²) in [4.78, 5) is 33.7. The van der Waals surface area contributed by atoms with Crippen LogP contribution in [0, 0.1) is 6.92 Å². The summed E-state index contributed by atoms with van der Waals surface area (Å²) >= 11 is 7.71. The summed E-state index contributed by atoms with van der Waals surface area (Å²) in [7, 11) is 0. The number of halogens is 1. The van der Waals surface area contributed by atoms with Crippen molar-refractivity contribution < 1.29 is 19.4 Å². The Morgan fingerprint density at radius 3 is 2.57 bits per heavy atom. The van der Waals surface area contributed by atoms with Gasteiger partial charge in [-0.2, -0.15) is 0 Å². The van der Waals surface area contributed by atoms with Crippen LogP contribution in [0.3, 0.4) is 0 Å². The lowest BCUT2D eigenvalue weighted by Gasteiger charge is -2.38. The molecule has 1 N–H and O–H groups in total. The zero-order valence-electron chi connectivity index (χ0n) is 20.5. The van der Waals surface area contributed by atoms with Gasteiger partial charge in [-0.1, -0.05) is 41.6 Å². The SMILES string of the molecule is Cc1nc(Sc2ccc(C(=O)O)cc2)ccc1CN1CCC(N2C(=O)OC[C@H]2c2cccc(Cl)c2)CC1. The third-order valence-corrected chi connectivity index (χ3v) is 8.16. The zero-order chi connectivity index (χ0) is 25.9. The van der Waals surface area contributed by atoms with Crippen molar-refractivity contribution in [1.29, 1.82) is 0 Å². The lowest BCUT2D eigenvalue weighted by Crippen LogP contribution is -2.46. The molecule has 3 heterocycles. The molecule has 2 saturated heterocycles. The van der Waals surface area contributed by atoms with Crippen LogP contribution >= 0.6 is 23.4 Å². The first-order valence-electron chi connectivity index (χ1n) is 12.3. The summed E-state index contributed by atoms with van der Waals surface area (Å²) in [5.41, 5.74) is 3.45. The van der Waals surface area contributed by atoms with Crippen molar-refractivity contribution in [3.63, 3.8) is 0 Å². The molecule has 1 amide bonds. The lowest BCUT2D eigenvalue weighted by molar-refractivity contribution is 0.0696. The Balaban J connectivity index is 1.18. The van der Waals surface area contributed by atoms with E-state index in [0.29, 0.717) is 11.6 Å². The van der Waals surface area contributed by atoms with Gasteiger partial charge in [-0.25, -0.2) is 14.6 Å². The number of aromatic carboxylic acids is 1. The molecule has 37 heavy (non-hydrogen) atoms. The van der Waals surface area contributed by atoms with Crippen molar-refractivity contribution in [2.75, 3.05) is 19.7 Å². The fourth-order valence-corrected chi connectivity index (χ4v) is 6.01. The van der Waals surface area contributed by atoms with Crippen molar-refractivity contribution in [2.24, 2.45) is 0 Å². The highest BCUT2D eigenvalue weighted by Crippen LogP contribution is 2.34. The number of piperidine rings is 1. The van der Waals surface area contributed by atoms with Crippen LogP contribution in [0.5, 0.6) is 0 Å². The van der Waals surface area contributed by atoms with Gasteiger partial charge in [-0.3, -0.25) is 9.80 Å². The predicted molar refractivity (Wildman–Crippen MR) is 142 cm³/mol. The number of aryl methyl sites for hydroxylation is 1. The third kappa shape index (κ3) is 5.92. The number of carbonyl (C=O) groups is 2. The number of benzene rings is 2. The summed E-state index contributed by atoms with van der Waals surface area (Å²) in [6, 6.07) is 18.7. The summed E-state index contributed by atoms with van der Waals surface area (Å²) in [6.07, 6.45) is 1.53. The standard InChI is InChI=1S/C28H28ClN3O4S/c1-18-21(7-10-26(30-18)37-24-8-5-19(6-9-24)27(33)34)16-31-13-11-23(12-14-31)32-25(17-36-28(32)35)20-3-2-4-22(29)15-20/h2-10,15,23,25H,11-14,16-17H2,1H3,(H,33,34)/t25-/m0/s1. The van der Waals surface area contributed by atoms with E-state index in [9.17, 15) is 9.59 Å². The number of cyclic esters (lactones) is 1. The zero-order valence-corrected chi connectivity index (χ0v) is 22.0. The maximum absolute atomic E-state index is 12.6. The number of hydrogen-bond acceptors (Lipinski definition) is 6. The Hall–Kier alpha value is -3.07. The normalized spacial score (nSPS) is 18.7. The van der Waals surface area contributed by atoms with E-state index < -0.39 is 5.97 Å². The molecule has 0 bridgehead atoms. The highest BCUT2D eigenvalue weighted by atomic mass is 35.5. The minimum atomic E-state index is -0.930. The molecule has 0 aliphatic carbocycles. The molecule has 0 unspecified atom stereocenters. The molecule has 0 saturated carbocycles. The van der Waals surface area contributed by atoms with Crippen LogP contribution in [0.2, 0.25) is 5.02 Å². The number of carboxylic acids is 1. The number of ether oxygens (including phenoxy) is 1. The van der Waals surface area contributed by atoms with Crippen LogP contribution in [-0.2, 0) is 11.3 Å². The Kier molecular flexibility index (Phi) is 7.69. The number of amides is 1. The van der Waals surface area contributed by atoms with E-state index in [0.717, 1.165) is 53.7 Å². The van der Waals surface area contributed by atoms with Gasteiger partial charge in [0.25, 0.3) is 0 Å². The van der Waals surface area contributed by atoms with Crippen molar-refractivity contribution in [1.82, 2.24) is 14.8 Å². The highest BCUT2D eigenvalue weighted by Gasteiger charge is 2.40. The molecule has 2 aromatic carbocycles. The van der Waals surface area contributed by atoms with Gasteiger partial charge < -0.3 is 9.84 Å². The Morgan fingerprint density at radius 2 is 1.89 bits per heavy atom. The molecule has 5 rings (SSSR count). The van der Waals surface area contributed by atoms with Gasteiger partial charge in [0, 0.05) is 41.3 Å². The number of nitrogens with zero attached hydrogens (tertiary/aromatic N) is 3. The first-order valence-corrected chi connectivity index (χ1v) is 13.5. The summed E-state index contributed by atoms with van der Waals surface area (Å²) in [5, 5.41) is 10.6. The second kappa shape index (κ2) is 11.1. The van der Waals surface area contributed by atoms with E-state index in [1.54, 1.807) is 24.3 Å². The quantitative estimate of drug-likeness (QED) is 0.392. The van der Waals surface area contributed by atoms with Gasteiger partial charge in [-0.15, -0.1) is 0 Å². The van der Waals surface area contributed by atoms with Gasteiger partial charge in [0.2, 0.25) is 0 Å². The van der Waals surface area contributed by atoms with Gasteiger partial charge in [0.1, 0.15) is 11.6 Å². The topological polar surface area (TPSA) is 83.0 Å². The number of carbonyl (C=O) groups excluding carboxylic acids is 1. The van der Waals surface area contributed by atoms with Crippen molar-refractivity contribution in [3.05, 3.63) is 88.1 Å². The average molecular weight is 538 g/mol. The van der Waals surface area contributed by atoms with E-state index in [4.69, 9.17) is 26.4 Å². The molecular formula is C28H28ClN3O4S. The van der Waals surface area contributed by atoms with Crippen molar-refractivity contribution in [2.45, 2.75) is 48.3 Å². The molecule has 1 aromatic heterocycles. The van der Waals surface area contributed by atoms with Crippen LogP contribution < -0.4 is 0 Å². The Morgan fingerprint density at radius 1 is 1.14 bits per heavy atom. The third-order valence-electron chi connectivity index (χ3n) is 6.98. The number of aromatic nitrogens is 1. The van der Waals surface area contributed by atoms with Crippen LogP contribution in [0.1, 0.15) is 46.1 Å². The van der Waals surface area contributed by atoms with Gasteiger partial charge in [0.15, 0.2) is 0 Å². The maximum atomic E-state index is 12.6. The molecule has 1 atom stereocenters. The van der Waals surface area contributed by atoms with Gasteiger partial charge in [0.05, 0.1) is 11.6 Å². The Bertz CT molecular complexity index is 1290. The summed E-state index contributed by atoms with van der Waals surface area (Å²) in [5.74, 6) is -0.930. The first kappa shape index (κ1) is 25.6. The number of rotatable bonds is 7. The lowest BCUT2D eigenvalue weighted by atomic mass is 9.98. The molecule has 192 valence electrons. The van der Waals surface area contributed by atoms with Crippen LogP contribution in [0.4, 0.5) is 4.79 Å². The maximum Gasteiger partial charge on any atom is 0.410 e. The van der Waals surface area contributed by atoms with E-state index in [1.807, 2.05) is 42.2 Å². The monoisotopic (exact) mass is 537 g/mol. The van der Waals surface area contributed by atoms with E-state index >= 15 is 0 Å². The molecular weight excluding hydrogens is 510 g/mol. The fraction of sp³-hybridized carbons (Fsp3) is 0.321. The predicted octanol–water partition coefficient (Wildman–Crippen LogP) is 6.05. The highest BCUT2D eigenvalue weighted by molar-refractivity contribution is 7.99. The van der Waals surface area contributed by atoms with E-state index in [2.05, 4.69) is 11.0 Å². The van der Waals surface area contributed by atoms with Gasteiger partial charge >= 0.3 is 12.1 Å². The largest absolute Gasteiger partial charge is 0.478 e. The minimum Gasteiger partial charge on any atom is -0.478 e. The molecule has 0 radical (unpaired) electrons. The van der Waals surface area contributed by atoms with Crippen molar-refractivity contribution in [3.8, 4) is 0 Å². The Labute approximate surface area is 225 Å². The number of carboxylic acid groups (broad SMARTS) is 1.